The molecule has 0 amide bonds. The van der Waals surface area contributed by atoms with Crippen LogP contribution in [0.25, 0.3) is 0 Å². The van der Waals surface area contributed by atoms with Crippen LogP contribution in [-0.2, 0) is 0 Å². The lowest BCUT2D eigenvalue weighted by Gasteiger charge is -2.35. The summed E-state index contributed by atoms with van der Waals surface area (Å²) in [5.74, 6) is 0. The summed E-state index contributed by atoms with van der Waals surface area (Å²) >= 11 is 0. The predicted molar refractivity (Wildman–Crippen MR) is 78.8 cm³/mol. The lowest BCUT2D eigenvalue weighted by Crippen LogP contribution is -2.34. The zero-order valence-corrected chi connectivity index (χ0v) is 12.1. The van der Waals surface area contributed by atoms with E-state index in [0.29, 0.717) is 11.5 Å². The summed E-state index contributed by atoms with van der Waals surface area (Å²) in [7, 11) is 0. The number of nitrogens with one attached hydrogen (secondary N) is 1. The fourth-order valence-corrected chi connectivity index (χ4v) is 2.95. The third-order valence-electron chi connectivity index (χ3n) is 4.47. The molecule has 1 fully saturated rings. The van der Waals surface area contributed by atoms with Gasteiger partial charge in [-0.25, -0.2) is 0 Å². The summed E-state index contributed by atoms with van der Waals surface area (Å²) in [5, 5.41) is 3.73. The number of aryl methyl sites for hydroxylation is 1. The van der Waals surface area contributed by atoms with Crippen LogP contribution in [0.4, 0.5) is 0 Å². The average Bonchev–Trinajstić information content (AvgIpc) is 2.38. The molecule has 2 rings (SSSR count). The van der Waals surface area contributed by atoms with E-state index >= 15 is 0 Å². The molecular formula is C17H27N. The summed E-state index contributed by atoms with van der Waals surface area (Å²) in [6.45, 7) is 8.02. The van der Waals surface area contributed by atoms with Crippen LogP contribution < -0.4 is 5.32 Å². The molecule has 1 heteroatoms. The van der Waals surface area contributed by atoms with E-state index in [-0.39, 0.29) is 0 Å². The Bertz CT molecular complexity index is 360. The standard InChI is InChI=1S/C17H27N/c1-14-7-9-16(10-8-14)15(2)18-13-17(3)11-5-4-6-12-17/h7-10,15,18H,4-6,11-13H2,1-3H3. The summed E-state index contributed by atoms with van der Waals surface area (Å²) in [4.78, 5) is 0. The van der Waals surface area contributed by atoms with Crippen molar-refractivity contribution in [3.63, 3.8) is 0 Å². The van der Waals surface area contributed by atoms with Crippen molar-refractivity contribution in [3.05, 3.63) is 35.4 Å². The van der Waals surface area contributed by atoms with E-state index in [4.69, 9.17) is 0 Å². The Morgan fingerprint density at radius 2 is 1.72 bits per heavy atom. The van der Waals surface area contributed by atoms with Crippen LogP contribution in [0.3, 0.4) is 0 Å². The smallest absolute Gasteiger partial charge is 0.0292 e. The minimum atomic E-state index is 0.462. The molecule has 100 valence electrons. The Labute approximate surface area is 112 Å². The molecule has 1 aromatic rings. The Kier molecular flexibility index (Phi) is 4.45. The lowest BCUT2D eigenvalue weighted by molar-refractivity contribution is 0.202. The number of hydrogen-bond acceptors (Lipinski definition) is 1. The lowest BCUT2D eigenvalue weighted by atomic mass is 9.75. The van der Waals surface area contributed by atoms with Gasteiger partial charge in [-0.05, 0) is 37.7 Å². The molecule has 1 unspecified atom stereocenters. The van der Waals surface area contributed by atoms with Crippen LogP contribution in [0, 0.1) is 12.3 Å². The molecule has 0 aliphatic heterocycles. The molecule has 0 bridgehead atoms. The van der Waals surface area contributed by atoms with Crippen molar-refractivity contribution < 1.29 is 0 Å². The fourth-order valence-electron chi connectivity index (χ4n) is 2.95. The van der Waals surface area contributed by atoms with Gasteiger partial charge in [0.2, 0.25) is 0 Å². The van der Waals surface area contributed by atoms with Gasteiger partial charge >= 0.3 is 0 Å². The van der Waals surface area contributed by atoms with E-state index in [0.717, 1.165) is 6.54 Å². The first-order chi connectivity index (χ1) is 8.59. The maximum absolute atomic E-state index is 3.73. The van der Waals surface area contributed by atoms with Gasteiger partial charge in [0.05, 0.1) is 0 Å². The van der Waals surface area contributed by atoms with E-state index in [9.17, 15) is 0 Å². The molecule has 0 saturated heterocycles. The Morgan fingerprint density at radius 1 is 1.11 bits per heavy atom. The third-order valence-corrected chi connectivity index (χ3v) is 4.47. The molecule has 0 spiro atoms. The summed E-state index contributed by atoms with van der Waals surface area (Å²) in [6, 6.07) is 9.36. The highest BCUT2D eigenvalue weighted by Gasteiger charge is 2.26. The van der Waals surface area contributed by atoms with E-state index < -0.39 is 0 Å². The molecule has 0 radical (unpaired) electrons. The average molecular weight is 245 g/mol. The van der Waals surface area contributed by atoms with Crippen molar-refractivity contribution in [1.82, 2.24) is 5.32 Å². The topological polar surface area (TPSA) is 12.0 Å². The summed E-state index contributed by atoms with van der Waals surface area (Å²) in [5.41, 5.74) is 3.27. The van der Waals surface area contributed by atoms with Gasteiger partial charge in [-0.2, -0.15) is 0 Å². The Balaban J connectivity index is 1.87. The SMILES string of the molecule is Cc1ccc(C(C)NCC2(C)CCCCC2)cc1. The highest BCUT2D eigenvalue weighted by Crippen LogP contribution is 2.35. The first-order valence-corrected chi connectivity index (χ1v) is 7.39. The van der Waals surface area contributed by atoms with Gasteiger partial charge < -0.3 is 5.32 Å². The van der Waals surface area contributed by atoms with E-state index in [1.807, 2.05) is 0 Å². The van der Waals surface area contributed by atoms with Crippen LogP contribution in [-0.4, -0.2) is 6.54 Å². The van der Waals surface area contributed by atoms with Crippen LogP contribution in [0.5, 0.6) is 0 Å². The molecule has 18 heavy (non-hydrogen) atoms. The van der Waals surface area contributed by atoms with Crippen molar-refractivity contribution in [2.24, 2.45) is 5.41 Å². The van der Waals surface area contributed by atoms with E-state index in [1.165, 1.54) is 43.2 Å². The van der Waals surface area contributed by atoms with Crippen LogP contribution >= 0.6 is 0 Å². The first kappa shape index (κ1) is 13.6. The van der Waals surface area contributed by atoms with Gasteiger partial charge in [-0.3, -0.25) is 0 Å². The molecule has 1 aliphatic rings. The molecule has 1 atom stereocenters. The maximum atomic E-state index is 3.73. The van der Waals surface area contributed by atoms with Crippen molar-refractivity contribution >= 4 is 0 Å². The zero-order chi connectivity index (χ0) is 13.0. The van der Waals surface area contributed by atoms with Crippen molar-refractivity contribution in [3.8, 4) is 0 Å². The maximum Gasteiger partial charge on any atom is 0.0292 e. The minimum absolute atomic E-state index is 0.462. The molecule has 1 aliphatic carbocycles. The third kappa shape index (κ3) is 3.58. The minimum Gasteiger partial charge on any atom is -0.310 e. The monoisotopic (exact) mass is 245 g/mol. The molecular weight excluding hydrogens is 218 g/mol. The molecule has 1 nitrogen and oxygen atoms in total. The second-order valence-electron chi connectivity index (χ2n) is 6.38. The van der Waals surface area contributed by atoms with Crippen LogP contribution in [0.15, 0.2) is 24.3 Å². The molecule has 0 heterocycles. The fraction of sp³-hybridized carbons (Fsp3) is 0.647. The van der Waals surface area contributed by atoms with Gasteiger partial charge in [-0.15, -0.1) is 0 Å². The van der Waals surface area contributed by atoms with Gasteiger partial charge in [0.1, 0.15) is 0 Å². The van der Waals surface area contributed by atoms with E-state index in [1.54, 1.807) is 0 Å². The highest BCUT2D eigenvalue weighted by atomic mass is 14.9. The Hall–Kier alpha value is -0.820. The van der Waals surface area contributed by atoms with Crippen molar-refractivity contribution in [2.75, 3.05) is 6.54 Å². The predicted octanol–water partition coefficient (Wildman–Crippen LogP) is 4.62. The summed E-state index contributed by atoms with van der Waals surface area (Å²) < 4.78 is 0. The van der Waals surface area contributed by atoms with Gasteiger partial charge in [-0.1, -0.05) is 56.0 Å². The second-order valence-corrected chi connectivity index (χ2v) is 6.38. The summed E-state index contributed by atoms with van der Waals surface area (Å²) in [6.07, 6.45) is 7.04. The number of rotatable bonds is 4. The number of hydrogen-bond donors (Lipinski definition) is 1. The van der Waals surface area contributed by atoms with Gasteiger partial charge in [0.15, 0.2) is 0 Å². The zero-order valence-electron chi connectivity index (χ0n) is 12.1. The normalized spacial score (nSPS) is 20.6. The van der Waals surface area contributed by atoms with E-state index in [2.05, 4.69) is 50.4 Å². The highest BCUT2D eigenvalue weighted by molar-refractivity contribution is 5.23. The number of benzene rings is 1. The van der Waals surface area contributed by atoms with Gasteiger partial charge in [0, 0.05) is 12.6 Å². The van der Waals surface area contributed by atoms with Crippen LogP contribution in [0.1, 0.15) is 63.1 Å². The second kappa shape index (κ2) is 5.88. The van der Waals surface area contributed by atoms with Crippen molar-refractivity contribution in [2.45, 2.75) is 58.9 Å². The largest absolute Gasteiger partial charge is 0.310 e. The molecule has 0 aromatic heterocycles. The van der Waals surface area contributed by atoms with Gasteiger partial charge in [0.25, 0.3) is 0 Å². The molecule has 1 N–H and O–H groups in total. The molecule has 1 saturated carbocycles. The van der Waals surface area contributed by atoms with Crippen LogP contribution in [0.2, 0.25) is 0 Å². The van der Waals surface area contributed by atoms with Crippen molar-refractivity contribution in [1.29, 1.82) is 0 Å². The Morgan fingerprint density at radius 3 is 2.33 bits per heavy atom. The quantitative estimate of drug-likeness (QED) is 0.816. The molecule has 1 aromatic carbocycles. The first-order valence-electron chi connectivity index (χ1n) is 7.39.